The van der Waals surface area contributed by atoms with Crippen LogP contribution in [0.5, 0.6) is 5.75 Å². The molecule has 0 unspecified atom stereocenters. The minimum Gasteiger partial charge on any atom is -0.496 e. The molecule has 24 heavy (non-hydrogen) atoms. The Labute approximate surface area is 144 Å². The van der Waals surface area contributed by atoms with Gasteiger partial charge in [-0.1, -0.05) is 31.5 Å². The lowest BCUT2D eigenvalue weighted by atomic mass is 9.84. The van der Waals surface area contributed by atoms with Crippen molar-refractivity contribution >= 4 is 11.6 Å². The first-order valence-electron chi connectivity index (χ1n) is 7.56. The largest absolute Gasteiger partial charge is 0.496 e. The zero-order valence-electron chi connectivity index (χ0n) is 14.0. The Morgan fingerprint density at radius 1 is 1.25 bits per heavy atom. The van der Waals surface area contributed by atoms with E-state index in [9.17, 15) is 13.2 Å². The number of benzene rings is 1. The number of methoxy groups -OCH3 is 1. The molecule has 7 heteroatoms. The minimum atomic E-state index is -4.27. The summed E-state index contributed by atoms with van der Waals surface area (Å²) in [5.41, 5.74) is 0.132. The number of nitrogens with zero attached hydrogens (tertiary/aromatic N) is 2. The number of halogens is 4. The van der Waals surface area contributed by atoms with Crippen LogP contribution in [0.4, 0.5) is 13.2 Å². The fourth-order valence-corrected chi connectivity index (χ4v) is 2.76. The first-order valence-corrected chi connectivity index (χ1v) is 7.94. The van der Waals surface area contributed by atoms with Gasteiger partial charge in [0.2, 0.25) is 0 Å². The van der Waals surface area contributed by atoms with Crippen molar-refractivity contribution in [3.8, 4) is 17.0 Å². The molecule has 0 aliphatic heterocycles. The summed E-state index contributed by atoms with van der Waals surface area (Å²) in [4.78, 5) is 0. The normalized spacial score (nSPS) is 12.5. The van der Waals surface area contributed by atoms with E-state index in [1.807, 2.05) is 6.92 Å². The van der Waals surface area contributed by atoms with Gasteiger partial charge in [-0.05, 0) is 31.0 Å². The van der Waals surface area contributed by atoms with Crippen molar-refractivity contribution in [3.63, 3.8) is 0 Å². The lowest BCUT2D eigenvalue weighted by Gasteiger charge is -2.28. The quantitative estimate of drug-likeness (QED) is 0.717. The Kier molecular flexibility index (Phi) is 5.18. The third kappa shape index (κ3) is 3.53. The van der Waals surface area contributed by atoms with Gasteiger partial charge in [0.15, 0.2) is 0 Å². The molecule has 0 bridgehead atoms. The summed E-state index contributed by atoms with van der Waals surface area (Å²) in [5, 5.41) is 4.65. The van der Waals surface area contributed by atoms with Gasteiger partial charge in [-0.2, -0.15) is 18.3 Å². The molecular formula is C17H20ClF3N2O. The summed E-state index contributed by atoms with van der Waals surface area (Å²) in [6, 6.07) is 5.04. The van der Waals surface area contributed by atoms with E-state index in [0.29, 0.717) is 34.1 Å². The fourth-order valence-electron chi connectivity index (χ4n) is 2.52. The third-order valence-corrected chi connectivity index (χ3v) is 4.31. The van der Waals surface area contributed by atoms with Crippen molar-refractivity contribution in [1.29, 1.82) is 0 Å². The average Bonchev–Trinajstić information content (AvgIpc) is 2.86. The Balaban J connectivity index is 2.44. The average molecular weight is 361 g/mol. The summed E-state index contributed by atoms with van der Waals surface area (Å²) >= 11 is 6.21. The van der Waals surface area contributed by atoms with E-state index >= 15 is 0 Å². The van der Waals surface area contributed by atoms with Gasteiger partial charge >= 0.3 is 6.18 Å². The summed E-state index contributed by atoms with van der Waals surface area (Å²) in [7, 11) is 1.48. The standard InChI is InChI=1S/C17H20ClF3N2O/c1-5-23-15(13(18)10-22-23)12-7-6-11(8-14(12)24-4)9-16(2,3)17(19,20)21/h6-8,10H,5,9H2,1-4H3. The number of rotatable bonds is 5. The first-order chi connectivity index (χ1) is 11.1. The molecule has 0 spiro atoms. The predicted octanol–water partition coefficient (Wildman–Crippen LogP) is 5.36. The molecule has 132 valence electrons. The van der Waals surface area contributed by atoms with Crippen molar-refractivity contribution in [3.05, 3.63) is 35.0 Å². The number of hydrogen-bond donors (Lipinski definition) is 0. The van der Waals surface area contributed by atoms with Gasteiger partial charge in [-0.15, -0.1) is 0 Å². The SMILES string of the molecule is CCn1ncc(Cl)c1-c1ccc(CC(C)(C)C(F)(F)F)cc1OC. The topological polar surface area (TPSA) is 27.1 Å². The molecule has 0 saturated heterocycles. The Hall–Kier alpha value is -1.69. The molecule has 0 radical (unpaired) electrons. The molecule has 1 aromatic heterocycles. The van der Waals surface area contributed by atoms with Crippen molar-refractivity contribution in [1.82, 2.24) is 9.78 Å². The lowest BCUT2D eigenvalue weighted by Crippen LogP contribution is -2.34. The van der Waals surface area contributed by atoms with Crippen LogP contribution in [0.15, 0.2) is 24.4 Å². The Morgan fingerprint density at radius 3 is 2.46 bits per heavy atom. The van der Waals surface area contributed by atoms with Crippen LogP contribution in [0.3, 0.4) is 0 Å². The van der Waals surface area contributed by atoms with E-state index in [-0.39, 0.29) is 6.42 Å². The third-order valence-electron chi connectivity index (χ3n) is 4.03. The van der Waals surface area contributed by atoms with E-state index in [1.54, 1.807) is 29.1 Å². The second-order valence-corrected chi connectivity index (χ2v) is 6.66. The van der Waals surface area contributed by atoms with Crippen LogP contribution in [-0.2, 0) is 13.0 Å². The number of aromatic nitrogens is 2. The summed E-state index contributed by atoms with van der Waals surface area (Å²) in [6.45, 7) is 4.93. The fraction of sp³-hybridized carbons (Fsp3) is 0.471. The molecule has 0 saturated carbocycles. The molecule has 0 fully saturated rings. The summed E-state index contributed by atoms with van der Waals surface area (Å²) in [6.07, 6.45) is -2.86. The van der Waals surface area contributed by atoms with Crippen LogP contribution in [-0.4, -0.2) is 23.1 Å². The maximum absolute atomic E-state index is 13.1. The van der Waals surface area contributed by atoms with E-state index in [4.69, 9.17) is 16.3 Å². The van der Waals surface area contributed by atoms with Gasteiger partial charge in [0.05, 0.1) is 29.4 Å². The number of aryl methyl sites for hydroxylation is 1. The van der Waals surface area contributed by atoms with Crippen molar-refractivity contribution in [2.75, 3.05) is 7.11 Å². The second kappa shape index (κ2) is 6.67. The smallest absolute Gasteiger partial charge is 0.394 e. The zero-order chi connectivity index (χ0) is 18.1. The molecule has 1 aromatic carbocycles. The Bertz CT molecular complexity index is 723. The molecule has 0 amide bonds. The van der Waals surface area contributed by atoms with Crippen LogP contribution >= 0.6 is 11.6 Å². The second-order valence-electron chi connectivity index (χ2n) is 6.25. The highest BCUT2D eigenvalue weighted by Gasteiger charge is 2.47. The molecule has 0 N–H and O–H groups in total. The van der Waals surface area contributed by atoms with Gasteiger partial charge in [-0.3, -0.25) is 4.68 Å². The van der Waals surface area contributed by atoms with Gasteiger partial charge in [0.1, 0.15) is 5.75 Å². The minimum absolute atomic E-state index is 0.131. The Morgan fingerprint density at radius 2 is 1.92 bits per heavy atom. The zero-order valence-corrected chi connectivity index (χ0v) is 14.8. The monoisotopic (exact) mass is 360 g/mol. The summed E-state index contributed by atoms with van der Waals surface area (Å²) < 4.78 is 46.4. The highest BCUT2D eigenvalue weighted by Crippen LogP contribution is 2.42. The van der Waals surface area contributed by atoms with Crippen LogP contribution in [0, 0.1) is 5.41 Å². The van der Waals surface area contributed by atoms with E-state index < -0.39 is 11.6 Å². The number of ether oxygens (including phenoxy) is 1. The van der Waals surface area contributed by atoms with Gasteiger partial charge < -0.3 is 4.74 Å². The van der Waals surface area contributed by atoms with Gasteiger partial charge in [0, 0.05) is 12.1 Å². The van der Waals surface area contributed by atoms with Gasteiger partial charge in [-0.25, -0.2) is 0 Å². The highest BCUT2D eigenvalue weighted by molar-refractivity contribution is 6.33. The van der Waals surface area contributed by atoms with Crippen molar-refractivity contribution in [2.24, 2.45) is 5.41 Å². The van der Waals surface area contributed by atoms with Crippen LogP contribution in [0.25, 0.3) is 11.3 Å². The van der Waals surface area contributed by atoms with Crippen LogP contribution < -0.4 is 4.74 Å². The van der Waals surface area contributed by atoms with Crippen LogP contribution in [0.1, 0.15) is 26.3 Å². The van der Waals surface area contributed by atoms with E-state index in [1.165, 1.54) is 21.0 Å². The molecule has 0 aliphatic carbocycles. The maximum Gasteiger partial charge on any atom is 0.394 e. The van der Waals surface area contributed by atoms with E-state index in [0.717, 1.165) is 0 Å². The van der Waals surface area contributed by atoms with Crippen molar-refractivity contribution in [2.45, 2.75) is 39.9 Å². The van der Waals surface area contributed by atoms with E-state index in [2.05, 4.69) is 5.10 Å². The van der Waals surface area contributed by atoms with Crippen LogP contribution in [0.2, 0.25) is 5.02 Å². The molecule has 0 aliphatic rings. The number of alkyl halides is 3. The first kappa shape index (κ1) is 18.6. The predicted molar refractivity (Wildman–Crippen MR) is 88.4 cm³/mol. The molecule has 3 nitrogen and oxygen atoms in total. The summed E-state index contributed by atoms with van der Waals surface area (Å²) in [5.74, 6) is 0.475. The van der Waals surface area contributed by atoms with Crippen molar-refractivity contribution < 1.29 is 17.9 Å². The molecule has 1 heterocycles. The molecular weight excluding hydrogens is 341 g/mol. The highest BCUT2D eigenvalue weighted by atomic mass is 35.5. The maximum atomic E-state index is 13.1. The molecule has 2 rings (SSSR count). The van der Waals surface area contributed by atoms with Gasteiger partial charge in [0.25, 0.3) is 0 Å². The number of hydrogen-bond acceptors (Lipinski definition) is 2. The lowest BCUT2D eigenvalue weighted by molar-refractivity contribution is -0.211. The molecule has 2 aromatic rings. The molecule has 0 atom stereocenters.